The molecule has 0 saturated heterocycles. The standard InChI is InChI=1S/C13H24O5/c1-18-11(10-13(16)17)8-6-4-2-3-5-7-9-12(14)15/h11H,2-10H2,1H3,(H,14,15)(H,16,17)/p-2. The van der Waals surface area contributed by atoms with Gasteiger partial charge < -0.3 is 24.5 Å². The van der Waals surface area contributed by atoms with Crippen LogP contribution in [0.5, 0.6) is 0 Å². The molecule has 0 aromatic heterocycles. The van der Waals surface area contributed by atoms with Gasteiger partial charge in [0.2, 0.25) is 0 Å². The molecule has 1 atom stereocenters. The van der Waals surface area contributed by atoms with Crippen molar-refractivity contribution in [3.63, 3.8) is 0 Å². The number of methoxy groups -OCH3 is 1. The minimum Gasteiger partial charge on any atom is -0.550 e. The Bertz CT molecular complexity index is 240. The Hall–Kier alpha value is -1.10. The van der Waals surface area contributed by atoms with Crippen LogP contribution < -0.4 is 10.2 Å². The van der Waals surface area contributed by atoms with Crippen molar-refractivity contribution in [3.8, 4) is 0 Å². The van der Waals surface area contributed by atoms with Gasteiger partial charge in [-0.25, -0.2) is 0 Å². The van der Waals surface area contributed by atoms with Crippen molar-refractivity contribution < 1.29 is 24.5 Å². The fourth-order valence-electron chi connectivity index (χ4n) is 1.84. The predicted molar refractivity (Wildman–Crippen MR) is 62.4 cm³/mol. The SMILES string of the molecule is COC(CCCCCCCCC(=O)[O-])CC(=O)[O-]. The van der Waals surface area contributed by atoms with Gasteiger partial charge in [0.05, 0.1) is 6.10 Å². The van der Waals surface area contributed by atoms with Gasteiger partial charge in [0.25, 0.3) is 0 Å². The van der Waals surface area contributed by atoms with Crippen LogP contribution in [-0.4, -0.2) is 25.2 Å². The molecule has 0 saturated carbocycles. The average Bonchev–Trinajstić information content (AvgIpc) is 2.30. The first-order valence-electron chi connectivity index (χ1n) is 6.48. The largest absolute Gasteiger partial charge is 0.550 e. The predicted octanol–water partition coefficient (Wildman–Crippen LogP) is 0.0121. The Labute approximate surface area is 108 Å². The minimum absolute atomic E-state index is 0.0535. The van der Waals surface area contributed by atoms with Gasteiger partial charge in [-0.05, 0) is 19.3 Å². The third-order valence-electron chi connectivity index (χ3n) is 2.88. The van der Waals surface area contributed by atoms with E-state index in [1.54, 1.807) is 0 Å². The van der Waals surface area contributed by atoms with E-state index in [1.807, 2.05) is 0 Å². The molecule has 0 spiro atoms. The number of ether oxygens (including phenoxy) is 1. The van der Waals surface area contributed by atoms with E-state index in [-0.39, 0.29) is 18.9 Å². The van der Waals surface area contributed by atoms with Crippen LogP contribution in [0.3, 0.4) is 0 Å². The van der Waals surface area contributed by atoms with Crippen LogP contribution >= 0.6 is 0 Å². The summed E-state index contributed by atoms with van der Waals surface area (Å²) in [5, 5.41) is 20.5. The number of carboxylic acids is 2. The maximum Gasteiger partial charge on any atom is 0.0623 e. The number of aliphatic carboxylic acids is 2. The molecule has 0 fully saturated rings. The van der Waals surface area contributed by atoms with E-state index in [0.717, 1.165) is 38.5 Å². The summed E-state index contributed by atoms with van der Waals surface area (Å²) in [6.45, 7) is 0. The van der Waals surface area contributed by atoms with Gasteiger partial charge in [-0.3, -0.25) is 0 Å². The second-order valence-electron chi connectivity index (χ2n) is 4.47. The summed E-state index contributed by atoms with van der Waals surface area (Å²) in [7, 11) is 1.51. The van der Waals surface area contributed by atoms with E-state index < -0.39 is 11.9 Å². The topological polar surface area (TPSA) is 89.5 Å². The highest BCUT2D eigenvalue weighted by Crippen LogP contribution is 2.12. The van der Waals surface area contributed by atoms with Crippen molar-refractivity contribution >= 4 is 11.9 Å². The Morgan fingerprint density at radius 1 is 0.944 bits per heavy atom. The smallest absolute Gasteiger partial charge is 0.0623 e. The molecule has 0 amide bonds. The quantitative estimate of drug-likeness (QED) is 0.460. The maximum absolute atomic E-state index is 10.4. The summed E-state index contributed by atoms with van der Waals surface area (Å²) in [6, 6.07) is 0. The van der Waals surface area contributed by atoms with Crippen molar-refractivity contribution in [2.45, 2.75) is 63.9 Å². The van der Waals surface area contributed by atoms with Crippen molar-refractivity contribution in [2.24, 2.45) is 0 Å². The first kappa shape index (κ1) is 16.9. The molecular formula is C13H22O5-2. The van der Waals surface area contributed by atoms with Gasteiger partial charge in [-0.1, -0.05) is 32.1 Å². The summed E-state index contributed by atoms with van der Waals surface area (Å²) in [4.78, 5) is 20.5. The highest BCUT2D eigenvalue weighted by atomic mass is 16.5. The molecule has 0 aliphatic carbocycles. The van der Waals surface area contributed by atoms with E-state index >= 15 is 0 Å². The first-order chi connectivity index (χ1) is 8.56. The van der Waals surface area contributed by atoms with Crippen LogP contribution in [0.15, 0.2) is 0 Å². The number of rotatable bonds is 12. The molecule has 0 radical (unpaired) electrons. The Balaban J connectivity index is 3.33. The minimum atomic E-state index is -1.08. The van der Waals surface area contributed by atoms with E-state index in [1.165, 1.54) is 7.11 Å². The molecule has 5 heteroatoms. The van der Waals surface area contributed by atoms with Crippen molar-refractivity contribution in [3.05, 3.63) is 0 Å². The fourth-order valence-corrected chi connectivity index (χ4v) is 1.84. The Kier molecular flexibility index (Phi) is 10.3. The van der Waals surface area contributed by atoms with Crippen molar-refractivity contribution in [1.82, 2.24) is 0 Å². The summed E-state index contributed by atoms with van der Waals surface area (Å²) in [5.74, 6) is -2.07. The molecule has 0 bridgehead atoms. The van der Waals surface area contributed by atoms with Crippen LogP contribution in [0, 0.1) is 0 Å². The lowest BCUT2D eigenvalue weighted by atomic mass is 10.0. The zero-order valence-corrected chi connectivity index (χ0v) is 11.0. The number of unbranched alkanes of at least 4 members (excludes halogenated alkanes) is 5. The maximum atomic E-state index is 10.4. The van der Waals surface area contributed by atoms with Crippen LogP contribution in [0.25, 0.3) is 0 Å². The molecule has 5 nitrogen and oxygen atoms in total. The summed E-state index contributed by atoms with van der Waals surface area (Å²) in [5.41, 5.74) is 0. The van der Waals surface area contributed by atoms with Crippen LogP contribution in [-0.2, 0) is 14.3 Å². The number of carboxylic acid groups (broad SMARTS) is 2. The van der Waals surface area contributed by atoms with Gasteiger partial charge in [0.1, 0.15) is 0 Å². The highest BCUT2D eigenvalue weighted by Gasteiger charge is 2.06. The lowest BCUT2D eigenvalue weighted by Gasteiger charge is -2.15. The Morgan fingerprint density at radius 2 is 1.50 bits per heavy atom. The molecule has 0 heterocycles. The normalized spacial score (nSPS) is 12.3. The van der Waals surface area contributed by atoms with Crippen LogP contribution in [0.1, 0.15) is 57.8 Å². The molecule has 0 aromatic rings. The van der Waals surface area contributed by atoms with Gasteiger partial charge >= 0.3 is 0 Å². The molecular weight excluding hydrogens is 236 g/mol. The monoisotopic (exact) mass is 258 g/mol. The lowest BCUT2D eigenvalue weighted by Crippen LogP contribution is -2.28. The van der Waals surface area contributed by atoms with E-state index in [9.17, 15) is 19.8 Å². The van der Waals surface area contributed by atoms with Gasteiger partial charge in [-0.2, -0.15) is 0 Å². The van der Waals surface area contributed by atoms with E-state index in [0.29, 0.717) is 6.42 Å². The Morgan fingerprint density at radius 3 is 2.00 bits per heavy atom. The van der Waals surface area contributed by atoms with E-state index in [2.05, 4.69) is 0 Å². The molecule has 106 valence electrons. The second kappa shape index (κ2) is 11.0. The zero-order chi connectivity index (χ0) is 13.8. The number of carbonyl (C=O) groups is 2. The molecule has 1 unspecified atom stereocenters. The van der Waals surface area contributed by atoms with Gasteiger partial charge in [0.15, 0.2) is 0 Å². The summed E-state index contributed by atoms with van der Waals surface area (Å²) >= 11 is 0. The van der Waals surface area contributed by atoms with E-state index in [4.69, 9.17) is 4.74 Å². The number of carbonyl (C=O) groups excluding carboxylic acids is 2. The van der Waals surface area contributed by atoms with Crippen LogP contribution in [0.2, 0.25) is 0 Å². The summed E-state index contributed by atoms with van der Waals surface area (Å²) < 4.78 is 5.04. The second-order valence-corrected chi connectivity index (χ2v) is 4.47. The van der Waals surface area contributed by atoms with Crippen LogP contribution in [0.4, 0.5) is 0 Å². The fraction of sp³-hybridized carbons (Fsp3) is 0.846. The molecule has 0 aromatic carbocycles. The van der Waals surface area contributed by atoms with Crippen molar-refractivity contribution in [2.75, 3.05) is 7.11 Å². The zero-order valence-electron chi connectivity index (χ0n) is 11.0. The highest BCUT2D eigenvalue weighted by molar-refractivity contribution is 5.64. The molecule has 0 rings (SSSR count). The first-order valence-corrected chi connectivity index (χ1v) is 6.48. The third kappa shape index (κ3) is 11.4. The number of hydrogen-bond donors (Lipinski definition) is 0. The summed E-state index contributed by atoms with van der Waals surface area (Å²) in [6.07, 6.45) is 6.11. The lowest BCUT2D eigenvalue weighted by molar-refractivity contribution is -0.308. The van der Waals surface area contributed by atoms with Gasteiger partial charge in [0, 0.05) is 25.5 Å². The third-order valence-corrected chi connectivity index (χ3v) is 2.88. The molecule has 0 aliphatic heterocycles. The number of hydrogen-bond acceptors (Lipinski definition) is 5. The molecule has 18 heavy (non-hydrogen) atoms. The average molecular weight is 258 g/mol. The van der Waals surface area contributed by atoms with Crippen molar-refractivity contribution in [1.29, 1.82) is 0 Å². The van der Waals surface area contributed by atoms with Gasteiger partial charge in [-0.15, -0.1) is 0 Å². The molecule has 0 N–H and O–H groups in total. The molecule has 0 aliphatic rings.